The average Bonchev–Trinajstić information content (AvgIpc) is 2.63. The monoisotopic (exact) mass is 429 g/mol. The lowest BCUT2D eigenvalue weighted by Crippen LogP contribution is -2.45. The number of nitrogens with one attached hydrogen (secondary N) is 1. The molecule has 1 aromatic rings. The zero-order chi connectivity index (χ0) is 18.2. The van der Waals surface area contributed by atoms with E-state index < -0.39 is 0 Å². The molecule has 0 bridgehead atoms. The Labute approximate surface area is 162 Å². The molecule has 1 atom stereocenters. The third-order valence-corrected chi connectivity index (χ3v) is 5.18. The second kappa shape index (κ2) is 10.1. The van der Waals surface area contributed by atoms with E-state index >= 15 is 0 Å². The summed E-state index contributed by atoms with van der Waals surface area (Å²) >= 11 is 9.37. The molecule has 1 aliphatic heterocycles. The maximum Gasteiger partial charge on any atom is 0.257 e. The van der Waals surface area contributed by atoms with Gasteiger partial charge < -0.3 is 10.2 Å². The minimum absolute atomic E-state index is 0.0486. The zero-order valence-corrected chi connectivity index (χ0v) is 16.9. The molecule has 25 heavy (non-hydrogen) atoms. The predicted octanol–water partition coefficient (Wildman–Crippen LogP) is 4.05. The van der Waals surface area contributed by atoms with E-state index in [0.717, 1.165) is 25.7 Å². The van der Waals surface area contributed by atoms with Crippen molar-refractivity contribution in [2.24, 2.45) is 5.92 Å². The molecule has 0 saturated carbocycles. The molecule has 7 heteroatoms. The molecule has 1 N–H and O–H groups in total. The Kier molecular flexibility index (Phi) is 8.16. The molecule has 1 unspecified atom stereocenters. The number of hydrogen-bond acceptors (Lipinski definition) is 3. The number of carbonyl (C=O) groups is 2. The molecule has 5 nitrogen and oxygen atoms in total. The Bertz CT molecular complexity index is 612. The second-order valence-electron chi connectivity index (χ2n) is 6.43. The third kappa shape index (κ3) is 5.96. The Morgan fingerprint density at radius 2 is 2.20 bits per heavy atom. The van der Waals surface area contributed by atoms with Crippen molar-refractivity contribution >= 4 is 39.3 Å². The fourth-order valence-corrected chi connectivity index (χ4v) is 3.54. The number of likely N-dealkylation sites (tertiary alicyclic amines) is 1. The number of nitrogens with zero attached hydrogens (tertiary/aromatic N) is 2. The fraction of sp³-hybridized carbons (Fsp3) is 0.611. The van der Waals surface area contributed by atoms with Gasteiger partial charge in [0, 0.05) is 30.3 Å². The van der Waals surface area contributed by atoms with Gasteiger partial charge in [0.2, 0.25) is 5.91 Å². The van der Waals surface area contributed by atoms with E-state index in [9.17, 15) is 9.59 Å². The molecule has 1 fully saturated rings. The molecular weight excluding hydrogens is 406 g/mol. The van der Waals surface area contributed by atoms with Gasteiger partial charge in [-0.1, -0.05) is 37.8 Å². The summed E-state index contributed by atoms with van der Waals surface area (Å²) in [6, 6.07) is 1.68. The summed E-state index contributed by atoms with van der Waals surface area (Å²) in [6.07, 6.45) is 7.72. The lowest BCUT2D eigenvalue weighted by Gasteiger charge is -2.32. The molecule has 0 aliphatic carbocycles. The zero-order valence-electron chi connectivity index (χ0n) is 14.6. The summed E-state index contributed by atoms with van der Waals surface area (Å²) in [7, 11) is 0. The van der Waals surface area contributed by atoms with Crippen LogP contribution < -0.4 is 5.32 Å². The van der Waals surface area contributed by atoms with Crippen molar-refractivity contribution in [3.8, 4) is 0 Å². The fourth-order valence-electron chi connectivity index (χ4n) is 3.03. The first-order valence-corrected chi connectivity index (χ1v) is 10.1. The molecule has 0 spiro atoms. The summed E-state index contributed by atoms with van der Waals surface area (Å²) < 4.78 is 0.707. The van der Waals surface area contributed by atoms with E-state index in [0.29, 0.717) is 29.7 Å². The largest absolute Gasteiger partial charge is 0.356 e. The van der Waals surface area contributed by atoms with Crippen molar-refractivity contribution < 1.29 is 9.59 Å². The minimum atomic E-state index is -0.167. The number of halogens is 2. The van der Waals surface area contributed by atoms with Gasteiger partial charge in [-0.2, -0.15) is 0 Å². The maximum atomic E-state index is 12.7. The highest BCUT2D eigenvalue weighted by Crippen LogP contribution is 2.23. The second-order valence-corrected chi connectivity index (χ2v) is 7.71. The average molecular weight is 431 g/mol. The number of hydrogen-bond donors (Lipinski definition) is 1. The van der Waals surface area contributed by atoms with Crippen LogP contribution in [0.5, 0.6) is 0 Å². The highest BCUT2D eigenvalue weighted by molar-refractivity contribution is 9.10. The van der Waals surface area contributed by atoms with Crippen LogP contribution >= 0.6 is 27.5 Å². The molecular formula is C18H25BrClN3O2. The Morgan fingerprint density at radius 1 is 1.40 bits per heavy atom. The summed E-state index contributed by atoms with van der Waals surface area (Å²) in [5, 5.41) is 3.20. The lowest BCUT2D eigenvalue weighted by atomic mass is 9.96. The number of pyridine rings is 1. The van der Waals surface area contributed by atoms with E-state index in [4.69, 9.17) is 11.6 Å². The Hall–Kier alpha value is -1.14. The Balaban J connectivity index is 1.90. The van der Waals surface area contributed by atoms with Gasteiger partial charge in [-0.05, 0) is 41.3 Å². The van der Waals surface area contributed by atoms with Gasteiger partial charge in [0.25, 0.3) is 5.91 Å². The number of carbonyl (C=O) groups excluding carboxylic acids is 2. The molecule has 0 radical (unpaired) electrons. The van der Waals surface area contributed by atoms with Crippen LogP contribution in [0.1, 0.15) is 55.8 Å². The van der Waals surface area contributed by atoms with Crippen molar-refractivity contribution in [2.75, 3.05) is 19.6 Å². The van der Waals surface area contributed by atoms with Gasteiger partial charge in [-0.15, -0.1) is 0 Å². The van der Waals surface area contributed by atoms with E-state index in [1.807, 2.05) is 0 Å². The van der Waals surface area contributed by atoms with E-state index in [2.05, 4.69) is 33.2 Å². The lowest BCUT2D eigenvalue weighted by molar-refractivity contribution is -0.126. The minimum Gasteiger partial charge on any atom is -0.356 e. The first-order valence-electron chi connectivity index (χ1n) is 8.91. The van der Waals surface area contributed by atoms with Gasteiger partial charge in [-0.25, -0.2) is 4.98 Å². The van der Waals surface area contributed by atoms with E-state index in [1.165, 1.54) is 12.8 Å². The maximum absolute atomic E-state index is 12.7. The highest BCUT2D eigenvalue weighted by Gasteiger charge is 2.29. The van der Waals surface area contributed by atoms with Gasteiger partial charge in [0.05, 0.1) is 11.5 Å². The summed E-state index contributed by atoms with van der Waals surface area (Å²) in [4.78, 5) is 30.8. The van der Waals surface area contributed by atoms with Crippen LogP contribution in [0.4, 0.5) is 0 Å². The van der Waals surface area contributed by atoms with E-state index in [-0.39, 0.29) is 22.9 Å². The van der Waals surface area contributed by atoms with Crippen LogP contribution in [0, 0.1) is 5.92 Å². The van der Waals surface area contributed by atoms with Gasteiger partial charge in [0.15, 0.2) is 0 Å². The van der Waals surface area contributed by atoms with Crippen molar-refractivity contribution in [3.63, 3.8) is 0 Å². The number of aromatic nitrogens is 1. The van der Waals surface area contributed by atoms with Gasteiger partial charge >= 0.3 is 0 Å². The van der Waals surface area contributed by atoms with Gasteiger partial charge in [0.1, 0.15) is 5.15 Å². The summed E-state index contributed by atoms with van der Waals surface area (Å²) in [6.45, 7) is 3.95. The van der Waals surface area contributed by atoms with Crippen LogP contribution in [0.25, 0.3) is 0 Å². The summed E-state index contributed by atoms with van der Waals surface area (Å²) in [5.41, 5.74) is 0.372. The summed E-state index contributed by atoms with van der Waals surface area (Å²) in [5.74, 6) is -0.269. The molecule has 2 rings (SSSR count). The third-order valence-electron chi connectivity index (χ3n) is 4.45. The van der Waals surface area contributed by atoms with Crippen molar-refractivity contribution in [1.29, 1.82) is 0 Å². The molecule has 1 aromatic heterocycles. The molecule has 1 saturated heterocycles. The molecule has 138 valence electrons. The molecule has 2 heterocycles. The van der Waals surface area contributed by atoms with Crippen molar-refractivity contribution in [1.82, 2.24) is 15.2 Å². The van der Waals surface area contributed by atoms with Crippen LogP contribution in [-0.4, -0.2) is 41.3 Å². The quantitative estimate of drug-likeness (QED) is 0.524. The molecule has 2 amide bonds. The SMILES string of the molecule is CCCCCCNC(=O)C1CCCN(C(=O)c2cc(Br)cnc2Cl)C1. The normalized spacial score (nSPS) is 17.4. The number of piperidine rings is 1. The number of rotatable bonds is 7. The standard InChI is InChI=1S/C18H25BrClN3O2/c1-2-3-4-5-8-21-17(24)13-7-6-9-23(12-13)18(25)15-10-14(19)11-22-16(15)20/h10-11,13H,2-9,12H2,1H3,(H,21,24). The first kappa shape index (κ1) is 20.2. The first-order chi connectivity index (χ1) is 12.0. The molecule has 0 aromatic carbocycles. The van der Waals surface area contributed by atoms with Crippen molar-refractivity contribution in [3.05, 3.63) is 27.5 Å². The predicted molar refractivity (Wildman–Crippen MR) is 103 cm³/mol. The van der Waals surface area contributed by atoms with Crippen LogP contribution in [0.3, 0.4) is 0 Å². The van der Waals surface area contributed by atoms with E-state index in [1.54, 1.807) is 17.2 Å². The van der Waals surface area contributed by atoms with Crippen LogP contribution in [-0.2, 0) is 4.79 Å². The van der Waals surface area contributed by atoms with Crippen molar-refractivity contribution in [2.45, 2.75) is 45.4 Å². The van der Waals surface area contributed by atoms with Crippen LogP contribution in [0.2, 0.25) is 5.15 Å². The number of amides is 2. The molecule has 1 aliphatic rings. The highest BCUT2D eigenvalue weighted by atomic mass is 79.9. The van der Waals surface area contributed by atoms with Crippen LogP contribution in [0.15, 0.2) is 16.7 Å². The van der Waals surface area contributed by atoms with Gasteiger partial charge in [-0.3, -0.25) is 9.59 Å². The smallest absolute Gasteiger partial charge is 0.257 e. The topological polar surface area (TPSA) is 62.3 Å². The number of unbranched alkanes of at least 4 members (excludes halogenated alkanes) is 3. The Morgan fingerprint density at radius 3 is 2.96 bits per heavy atom.